The molecule has 0 saturated heterocycles. The zero-order valence-corrected chi connectivity index (χ0v) is 14.1. The van der Waals surface area contributed by atoms with Gasteiger partial charge in [-0.3, -0.25) is 4.98 Å². The lowest BCUT2D eigenvalue weighted by Crippen LogP contribution is -2.32. The molecule has 1 aliphatic rings. The molecule has 0 aliphatic carbocycles. The summed E-state index contributed by atoms with van der Waals surface area (Å²) in [6, 6.07) is 2.63. The zero-order chi connectivity index (χ0) is 15.5. The van der Waals surface area contributed by atoms with Gasteiger partial charge >= 0.3 is 0 Å². The molecule has 0 amide bonds. The van der Waals surface area contributed by atoms with Crippen molar-refractivity contribution >= 4 is 5.69 Å². The number of hydrogen-bond acceptors (Lipinski definition) is 3. The molecular weight excluding hydrogens is 258 g/mol. The molecule has 0 radical (unpaired) electrons. The van der Waals surface area contributed by atoms with E-state index in [1.54, 1.807) is 5.57 Å². The molecule has 116 valence electrons. The Morgan fingerprint density at radius 1 is 1.33 bits per heavy atom. The first-order valence-corrected chi connectivity index (χ1v) is 7.98. The maximum Gasteiger partial charge on any atom is 0.0601 e. The molecule has 2 rings (SSSR count). The minimum Gasteiger partial charge on any atom is -0.366 e. The van der Waals surface area contributed by atoms with Crippen LogP contribution in [-0.4, -0.2) is 24.1 Å². The normalized spacial score (nSPS) is 16.3. The van der Waals surface area contributed by atoms with Crippen molar-refractivity contribution in [1.82, 2.24) is 10.3 Å². The monoisotopic (exact) mass is 287 g/mol. The van der Waals surface area contributed by atoms with E-state index in [2.05, 4.69) is 62.0 Å². The lowest BCUT2D eigenvalue weighted by Gasteiger charge is -2.34. The van der Waals surface area contributed by atoms with E-state index in [1.807, 2.05) is 12.4 Å². The molecule has 0 spiro atoms. The average Bonchev–Trinajstić information content (AvgIpc) is 2.44. The number of nitrogens with one attached hydrogen (secondary N) is 1. The predicted molar refractivity (Wildman–Crippen MR) is 90.6 cm³/mol. The van der Waals surface area contributed by atoms with Crippen molar-refractivity contribution in [3.63, 3.8) is 0 Å². The molecule has 0 fully saturated rings. The van der Waals surface area contributed by atoms with Gasteiger partial charge < -0.3 is 10.2 Å². The summed E-state index contributed by atoms with van der Waals surface area (Å²) in [7, 11) is 0. The van der Waals surface area contributed by atoms with Gasteiger partial charge in [0.15, 0.2) is 0 Å². The highest BCUT2D eigenvalue weighted by atomic mass is 15.1. The van der Waals surface area contributed by atoms with Crippen molar-refractivity contribution in [2.45, 2.75) is 53.6 Å². The summed E-state index contributed by atoms with van der Waals surface area (Å²) >= 11 is 0. The summed E-state index contributed by atoms with van der Waals surface area (Å²) in [5.41, 5.74) is 4.48. The van der Waals surface area contributed by atoms with Gasteiger partial charge in [-0.2, -0.15) is 0 Å². The Hall–Kier alpha value is -1.35. The summed E-state index contributed by atoms with van der Waals surface area (Å²) in [6.07, 6.45) is 7.44. The molecule has 0 saturated carbocycles. The van der Waals surface area contributed by atoms with Gasteiger partial charge in [-0.05, 0) is 23.5 Å². The van der Waals surface area contributed by atoms with E-state index in [-0.39, 0.29) is 0 Å². The molecule has 3 nitrogen and oxygen atoms in total. The Bertz CT molecular complexity index is 497. The van der Waals surface area contributed by atoms with E-state index in [9.17, 15) is 0 Å². The Balaban J connectivity index is 2.11. The van der Waals surface area contributed by atoms with Crippen LogP contribution in [0, 0.1) is 5.41 Å². The van der Waals surface area contributed by atoms with Gasteiger partial charge in [0.05, 0.1) is 11.9 Å². The number of pyridine rings is 1. The fourth-order valence-corrected chi connectivity index (χ4v) is 2.73. The fourth-order valence-electron chi connectivity index (χ4n) is 2.73. The third-order valence-corrected chi connectivity index (χ3v) is 4.10. The van der Waals surface area contributed by atoms with Crippen LogP contribution in [0.4, 0.5) is 5.69 Å². The minimum absolute atomic E-state index is 0.295. The van der Waals surface area contributed by atoms with E-state index in [1.165, 1.54) is 11.3 Å². The molecule has 1 aromatic heterocycles. The van der Waals surface area contributed by atoms with E-state index in [4.69, 9.17) is 0 Å². The molecule has 0 bridgehead atoms. The standard InChI is InChI=1S/C18H29N3/c1-14(2)20-12-15-6-9-19-13-17(15)21-10-7-16(8-11-21)18(3,4)5/h6-7,9,13-14,20H,8,10-12H2,1-5H3. The van der Waals surface area contributed by atoms with Crippen molar-refractivity contribution in [1.29, 1.82) is 0 Å². The topological polar surface area (TPSA) is 28.2 Å². The third kappa shape index (κ3) is 4.31. The Labute approximate surface area is 129 Å². The maximum absolute atomic E-state index is 4.33. The number of hydrogen-bond donors (Lipinski definition) is 1. The van der Waals surface area contributed by atoms with Crippen molar-refractivity contribution < 1.29 is 0 Å². The fraction of sp³-hybridized carbons (Fsp3) is 0.611. The predicted octanol–water partition coefficient (Wildman–Crippen LogP) is 3.76. The molecule has 3 heteroatoms. The van der Waals surface area contributed by atoms with Gasteiger partial charge in [-0.1, -0.05) is 46.3 Å². The summed E-state index contributed by atoms with van der Waals surface area (Å²) in [5, 5.41) is 3.50. The third-order valence-electron chi connectivity index (χ3n) is 4.10. The Kier molecular flexibility index (Phi) is 5.04. The van der Waals surface area contributed by atoms with Crippen LogP contribution in [0.2, 0.25) is 0 Å². The second-order valence-electron chi connectivity index (χ2n) is 7.22. The molecule has 0 atom stereocenters. The largest absolute Gasteiger partial charge is 0.366 e. The lowest BCUT2D eigenvalue weighted by molar-refractivity contribution is 0.472. The van der Waals surface area contributed by atoms with Crippen LogP contribution in [0.1, 0.15) is 46.6 Å². The van der Waals surface area contributed by atoms with Gasteiger partial charge in [0.2, 0.25) is 0 Å². The van der Waals surface area contributed by atoms with Crippen molar-refractivity contribution in [3.05, 3.63) is 35.7 Å². The SMILES string of the molecule is CC(C)NCc1ccncc1N1CC=C(C(C)(C)C)CC1. The van der Waals surface area contributed by atoms with Crippen LogP contribution >= 0.6 is 0 Å². The first-order chi connectivity index (χ1) is 9.88. The van der Waals surface area contributed by atoms with Crippen molar-refractivity contribution in [3.8, 4) is 0 Å². The minimum atomic E-state index is 0.295. The second kappa shape index (κ2) is 6.61. The van der Waals surface area contributed by atoms with E-state index < -0.39 is 0 Å². The molecule has 0 aromatic carbocycles. The first-order valence-electron chi connectivity index (χ1n) is 7.98. The van der Waals surface area contributed by atoms with Gasteiger partial charge in [-0.15, -0.1) is 0 Å². The van der Waals surface area contributed by atoms with E-state index in [0.717, 1.165) is 26.1 Å². The summed E-state index contributed by atoms with van der Waals surface area (Å²) in [4.78, 5) is 6.77. The smallest absolute Gasteiger partial charge is 0.0601 e. The van der Waals surface area contributed by atoms with Gasteiger partial charge in [0, 0.05) is 31.9 Å². The molecule has 1 aliphatic heterocycles. The van der Waals surface area contributed by atoms with Crippen LogP contribution in [0.15, 0.2) is 30.1 Å². The van der Waals surface area contributed by atoms with Crippen LogP contribution in [0.5, 0.6) is 0 Å². The van der Waals surface area contributed by atoms with Crippen molar-refractivity contribution in [2.75, 3.05) is 18.0 Å². The van der Waals surface area contributed by atoms with Crippen LogP contribution in [-0.2, 0) is 6.54 Å². The zero-order valence-electron chi connectivity index (χ0n) is 14.1. The lowest BCUT2D eigenvalue weighted by atomic mass is 9.83. The molecule has 2 heterocycles. The Morgan fingerprint density at radius 3 is 2.67 bits per heavy atom. The maximum atomic E-state index is 4.33. The summed E-state index contributed by atoms with van der Waals surface area (Å²) < 4.78 is 0. The number of nitrogens with zero attached hydrogens (tertiary/aromatic N) is 2. The second-order valence-corrected chi connectivity index (χ2v) is 7.22. The summed E-state index contributed by atoms with van der Waals surface area (Å²) in [5.74, 6) is 0. The molecule has 21 heavy (non-hydrogen) atoms. The number of rotatable bonds is 4. The van der Waals surface area contributed by atoms with Gasteiger partial charge in [0.25, 0.3) is 0 Å². The first kappa shape index (κ1) is 16.0. The van der Waals surface area contributed by atoms with Gasteiger partial charge in [-0.25, -0.2) is 0 Å². The van der Waals surface area contributed by atoms with Crippen LogP contribution < -0.4 is 10.2 Å². The molecule has 1 aromatic rings. The van der Waals surface area contributed by atoms with E-state index >= 15 is 0 Å². The summed E-state index contributed by atoms with van der Waals surface area (Å²) in [6.45, 7) is 14.3. The molecule has 0 unspecified atom stereocenters. The van der Waals surface area contributed by atoms with Crippen LogP contribution in [0.25, 0.3) is 0 Å². The van der Waals surface area contributed by atoms with E-state index in [0.29, 0.717) is 11.5 Å². The highest BCUT2D eigenvalue weighted by molar-refractivity contribution is 5.53. The highest BCUT2D eigenvalue weighted by Crippen LogP contribution is 2.32. The molecular formula is C18H29N3. The average molecular weight is 287 g/mol. The molecule has 1 N–H and O–H groups in total. The number of aromatic nitrogens is 1. The van der Waals surface area contributed by atoms with Crippen LogP contribution in [0.3, 0.4) is 0 Å². The van der Waals surface area contributed by atoms with Crippen molar-refractivity contribution in [2.24, 2.45) is 5.41 Å². The quantitative estimate of drug-likeness (QED) is 0.855. The Morgan fingerprint density at radius 2 is 2.10 bits per heavy atom. The highest BCUT2D eigenvalue weighted by Gasteiger charge is 2.22. The van der Waals surface area contributed by atoms with Gasteiger partial charge in [0.1, 0.15) is 0 Å². The number of anilines is 1.